The molecule has 0 atom stereocenters. The maximum absolute atomic E-state index is 11.4. The maximum atomic E-state index is 11.4. The van der Waals surface area contributed by atoms with Gasteiger partial charge in [0.25, 0.3) is 0 Å². The van der Waals surface area contributed by atoms with Crippen LogP contribution in [-0.4, -0.2) is 22.2 Å². The van der Waals surface area contributed by atoms with E-state index < -0.39 is 0 Å². The van der Waals surface area contributed by atoms with Crippen molar-refractivity contribution in [2.75, 3.05) is 6.61 Å². The smallest absolute Gasteiger partial charge is 0.354 e. The minimum atomic E-state index is -0.349. The van der Waals surface area contributed by atoms with Crippen molar-refractivity contribution >= 4 is 5.97 Å². The van der Waals surface area contributed by atoms with Gasteiger partial charge in [0.15, 0.2) is 0 Å². The minimum absolute atomic E-state index is 0.0565. The topological polar surface area (TPSA) is 51.5 Å². The summed E-state index contributed by atoms with van der Waals surface area (Å²) in [4.78, 5) is 11.4. The van der Waals surface area contributed by atoms with E-state index in [4.69, 9.17) is 9.84 Å². The number of rotatable bonds is 3. The standard InChI is InChI=1S/C10H15NO3/c1-4-14-10(13)9-5-8(6-12)7(2)11(9)3/h5,12H,4,6H2,1-3H3. The quantitative estimate of drug-likeness (QED) is 0.735. The van der Waals surface area contributed by atoms with E-state index in [0.717, 1.165) is 11.3 Å². The van der Waals surface area contributed by atoms with Gasteiger partial charge in [-0.3, -0.25) is 0 Å². The van der Waals surface area contributed by atoms with E-state index >= 15 is 0 Å². The van der Waals surface area contributed by atoms with Gasteiger partial charge in [0.2, 0.25) is 0 Å². The van der Waals surface area contributed by atoms with Gasteiger partial charge in [-0.2, -0.15) is 0 Å². The molecule has 4 nitrogen and oxygen atoms in total. The van der Waals surface area contributed by atoms with Crippen LogP contribution in [0.2, 0.25) is 0 Å². The van der Waals surface area contributed by atoms with Crippen LogP contribution in [0.1, 0.15) is 28.7 Å². The fourth-order valence-electron chi connectivity index (χ4n) is 1.32. The van der Waals surface area contributed by atoms with Gasteiger partial charge in [0.05, 0.1) is 13.2 Å². The number of carbonyl (C=O) groups excluding carboxylic acids is 1. The summed E-state index contributed by atoms with van der Waals surface area (Å²) in [5.74, 6) is -0.349. The zero-order valence-corrected chi connectivity index (χ0v) is 8.70. The van der Waals surface area contributed by atoms with Gasteiger partial charge in [-0.15, -0.1) is 0 Å². The Morgan fingerprint density at radius 3 is 2.71 bits per heavy atom. The Labute approximate surface area is 83.1 Å². The van der Waals surface area contributed by atoms with Crippen molar-refractivity contribution in [1.82, 2.24) is 4.57 Å². The lowest BCUT2D eigenvalue weighted by molar-refractivity contribution is 0.0515. The van der Waals surface area contributed by atoms with Gasteiger partial charge in [-0.25, -0.2) is 4.79 Å². The molecule has 0 bridgehead atoms. The number of aliphatic hydroxyl groups is 1. The van der Waals surface area contributed by atoms with Crippen molar-refractivity contribution in [3.8, 4) is 0 Å². The molecule has 1 aromatic heterocycles. The van der Waals surface area contributed by atoms with Crippen LogP contribution in [0.25, 0.3) is 0 Å². The van der Waals surface area contributed by atoms with Gasteiger partial charge < -0.3 is 14.4 Å². The van der Waals surface area contributed by atoms with Crippen molar-refractivity contribution in [2.24, 2.45) is 7.05 Å². The van der Waals surface area contributed by atoms with Crippen molar-refractivity contribution in [3.63, 3.8) is 0 Å². The second-order valence-corrected chi connectivity index (χ2v) is 3.08. The highest BCUT2D eigenvalue weighted by Gasteiger charge is 2.15. The molecule has 0 amide bonds. The Bertz CT molecular complexity index is 341. The monoisotopic (exact) mass is 197 g/mol. The first-order valence-corrected chi connectivity index (χ1v) is 4.55. The molecule has 0 spiro atoms. The van der Waals surface area contributed by atoms with E-state index in [1.807, 2.05) is 6.92 Å². The van der Waals surface area contributed by atoms with Crippen molar-refractivity contribution in [3.05, 3.63) is 23.0 Å². The molecule has 1 aromatic rings. The van der Waals surface area contributed by atoms with Crippen LogP contribution in [0.15, 0.2) is 6.07 Å². The third-order valence-corrected chi connectivity index (χ3v) is 2.30. The Kier molecular flexibility index (Phi) is 3.30. The molecule has 0 saturated heterocycles. The van der Waals surface area contributed by atoms with Crippen molar-refractivity contribution < 1.29 is 14.6 Å². The van der Waals surface area contributed by atoms with E-state index in [-0.39, 0.29) is 12.6 Å². The van der Waals surface area contributed by atoms with Gasteiger partial charge in [-0.1, -0.05) is 0 Å². The molecule has 1 rings (SSSR count). The molecule has 0 unspecified atom stereocenters. The maximum Gasteiger partial charge on any atom is 0.354 e. The number of aliphatic hydroxyl groups excluding tert-OH is 1. The second kappa shape index (κ2) is 4.28. The number of hydrogen-bond acceptors (Lipinski definition) is 3. The Hall–Kier alpha value is -1.29. The average Bonchev–Trinajstić information content (AvgIpc) is 2.44. The first kappa shape index (κ1) is 10.8. The predicted octanol–water partition coefficient (Wildman–Crippen LogP) is 1.00. The lowest BCUT2D eigenvalue weighted by Crippen LogP contribution is -2.10. The Morgan fingerprint density at radius 1 is 1.64 bits per heavy atom. The second-order valence-electron chi connectivity index (χ2n) is 3.08. The molecule has 0 aromatic carbocycles. The summed E-state index contributed by atoms with van der Waals surface area (Å²) in [7, 11) is 1.78. The first-order valence-electron chi connectivity index (χ1n) is 4.55. The molecule has 4 heteroatoms. The molecular weight excluding hydrogens is 182 g/mol. The number of carbonyl (C=O) groups is 1. The van der Waals surface area contributed by atoms with Gasteiger partial charge in [0.1, 0.15) is 5.69 Å². The number of ether oxygens (including phenoxy) is 1. The summed E-state index contributed by atoms with van der Waals surface area (Å²) in [6.45, 7) is 3.92. The Morgan fingerprint density at radius 2 is 2.29 bits per heavy atom. The van der Waals surface area contributed by atoms with Gasteiger partial charge >= 0.3 is 5.97 Å². The molecule has 0 fully saturated rings. The number of aromatic nitrogens is 1. The first-order chi connectivity index (χ1) is 6.61. The fourth-order valence-corrected chi connectivity index (χ4v) is 1.32. The Balaban J connectivity index is 3.04. The normalized spacial score (nSPS) is 10.3. The zero-order chi connectivity index (χ0) is 10.7. The molecule has 14 heavy (non-hydrogen) atoms. The summed E-state index contributed by atoms with van der Waals surface area (Å²) in [5.41, 5.74) is 2.12. The van der Waals surface area contributed by atoms with E-state index in [1.165, 1.54) is 0 Å². The average molecular weight is 197 g/mol. The summed E-state index contributed by atoms with van der Waals surface area (Å²) in [5, 5.41) is 9.00. The summed E-state index contributed by atoms with van der Waals surface area (Å²) < 4.78 is 6.61. The minimum Gasteiger partial charge on any atom is -0.461 e. The highest BCUT2D eigenvalue weighted by atomic mass is 16.5. The molecule has 0 aliphatic heterocycles. The third-order valence-electron chi connectivity index (χ3n) is 2.30. The molecule has 0 radical (unpaired) electrons. The molecule has 78 valence electrons. The van der Waals surface area contributed by atoms with E-state index in [1.54, 1.807) is 24.6 Å². The molecule has 1 heterocycles. The van der Waals surface area contributed by atoms with Crippen LogP contribution in [0.4, 0.5) is 0 Å². The predicted molar refractivity (Wildman–Crippen MR) is 52.0 cm³/mol. The van der Waals surface area contributed by atoms with Crippen LogP contribution in [0.3, 0.4) is 0 Å². The van der Waals surface area contributed by atoms with Gasteiger partial charge in [0, 0.05) is 12.7 Å². The highest BCUT2D eigenvalue weighted by Crippen LogP contribution is 2.14. The van der Waals surface area contributed by atoms with Crippen LogP contribution in [-0.2, 0) is 18.4 Å². The fraction of sp³-hybridized carbons (Fsp3) is 0.500. The molecular formula is C10H15NO3. The zero-order valence-electron chi connectivity index (χ0n) is 8.70. The summed E-state index contributed by atoms with van der Waals surface area (Å²) in [6.07, 6.45) is 0. The summed E-state index contributed by atoms with van der Waals surface area (Å²) >= 11 is 0. The van der Waals surface area contributed by atoms with Crippen LogP contribution in [0, 0.1) is 6.92 Å². The molecule has 0 saturated carbocycles. The highest BCUT2D eigenvalue weighted by molar-refractivity contribution is 5.88. The lowest BCUT2D eigenvalue weighted by Gasteiger charge is -2.03. The van der Waals surface area contributed by atoms with Crippen molar-refractivity contribution in [1.29, 1.82) is 0 Å². The van der Waals surface area contributed by atoms with E-state index in [9.17, 15) is 4.79 Å². The van der Waals surface area contributed by atoms with Crippen LogP contribution >= 0.6 is 0 Å². The molecule has 0 aliphatic rings. The molecule has 1 N–H and O–H groups in total. The third kappa shape index (κ3) is 1.80. The van der Waals surface area contributed by atoms with Crippen LogP contribution < -0.4 is 0 Å². The number of esters is 1. The summed E-state index contributed by atoms with van der Waals surface area (Å²) in [6, 6.07) is 1.66. The van der Waals surface area contributed by atoms with Crippen molar-refractivity contribution in [2.45, 2.75) is 20.5 Å². The van der Waals surface area contributed by atoms with Gasteiger partial charge in [-0.05, 0) is 25.5 Å². The molecule has 0 aliphatic carbocycles. The van der Waals surface area contributed by atoms with E-state index in [2.05, 4.69) is 0 Å². The lowest BCUT2D eigenvalue weighted by atomic mass is 10.2. The number of nitrogens with zero attached hydrogens (tertiary/aromatic N) is 1. The SMILES string of the molecule is CCOC(=O)c1cc(CO)c(C)n1C. The van der Waals surface area contributed by atoms with Crippen LogP contribution in [0.5, 0.6) is 0 Å². The van der Waals surface area contributed by atoms with E-state index in [0.29, 0.717) is 12.3 Å². The largest absolute Gasteiger partial charge is 0.461 e. The number of hydrogen-bond donors (Lipinski definition) is 1.